The third-order valence-corrected chi connectivity index (χ3v) is 3.12. The molecule has 0 unspecified atom stereocenters. The van der Waals surface area contributed by atoms with Crippen LogP contribution in [0.15, 0.2) is 0 Å². The molecule has 0 radical (unpaired) electrons. The van der Waals surface area contributed by atoms with Crippen molar-refractivity contribution in [1.29, 1.82) is 0 Å². The summed E-state index contributed by atoms with van der Waals surface area (Å²) in [5.41, 5.74) is 4.25. The molecule has 0 spiro atoms. The molecule has 0 amide bonds. The van der Waals surface area contributed by atoms with Crippen LogP contribution in [0.3, 0.4) is 0 Å². The lowest BCUT2D eigenvalue weighted by Gasteiger charge is -2.22. The van der Waals surface area contributed by atoms with Gasteiger partial charge in [0.25, 0.3) is 0 Å². The Hall–Kier alpha value is -0.830. The summed E-state index contributed by atoms with van der Waals surface area (Å²) < 4.78 is 2.09. The summed E-state index contributed by atoms with van der Waals surface area (Å²) in [6.45, 7) is 6.76. The van der Waals surface area contributed by atoms with Crippen molar-refractivity contribution in [3.05, 3.63) is 17.0 Å². The molecule has 3 nitrogen and oxygen atoms in total. The van der Waals surface area contributed by atoms with Gasteiger partial charge >= 0.3 is 0 Å². The molecule has 15 heavy (non-hydrogen) atoms. The molecule has 3 heteroatoms. The molecule has 0 saturated carbocycles. The van der Waals surface area contributed by atoms with E-state index in [0.717, 1.165) is 25.9 Å². The molecule has 0 atom stereocenters. The maximum Gasteiger partial charge on any atom is 0.0685 e. The molecular weight excluding hydrogens is 186 g/mol. The van der Waals surface area contributed by atoms with E-state index in [1.54, 1.807) is 0 Å². The molecule has 2 rings (SSSR count). The summed E-state index contributed by atoms with van der Waals surface area (Å²) in [7, 11) is 4.27. The summed E-state index contributed by atoms with van der Waals surface area (Å²) >= 11 is 0. The van der Waals surface area contributed by atoms with Gasteiger partial charge in [0.1, 0.15) is 0 Å². The lowest BCUT2D eigenvalue weighted by molar-refractivity contribution is 0.310. The lowest BCUT2D eigenvalue weighted by atomic mass is 10.00. The largest absolute Gasteiger partial charge is 0.302 e. The first-order valence-corrected chi connectivity index (χ1v) is 5.80. The Balaban J connectivity index is 2.33. The Morgan fingerprint density at radius 3 is 2.73 bits per heavy atom. The van der Waals surface area contributed by atoms with E-state index >= 15 is 0 Å². The number of fused-ring (bicyclic) bond motifs is 1. The third kappa shape index (κ3) is 2.07. The zero-order valence-corrected chi connectivity index (χ0v) is 10.2. The van der Waals surface area contributed by atoms with Crippen LogP contribution in [0.5, 0.6) is 0 Å². The van der Waals surface area contributed by atoms with E-state index in [4.69, 9.17) is 0 Å². The first-order valence-electron chi connectivity index (χ1n) is 5.80. The van der Waals surface area contributed by atoms with Crippen LogP contribution in [-0.4, -0.2) is 28.3 Å². The lowest BCUT2D eigenvalue weighted by Crippen LogP contribution is -2.26. The second-order valence-corrected chi connectivity index (χ2v) is 5.08. The number of nitrogens with zero attached hydrogens (tertiary/aromatic N) is 3. The normalized spacial score (nSPS) is 17.1. The summed E-state index contributed by atoms with van der Waals surface area (Å²) in [5.74, 6) is 0.705. The van der Waals surface area contributed by atoms with Gasteiger partial charge < -0.3 is 4.90 Å². The van der Waals surface area contributed by atoms with Gasteiger partial charge in [-0.05, 0) is 19.4 Å². The van der Waals surface area contributed by atoms with Crippen molar-refractivity contribution in [3.8, 4) is 0 Å². The first kappa shape index (κ1) is 10.7. The fourth-order valence-corrected chi connectivity index (χ4v) is 2.33. The van der Waals surface area contributed by atoms with Crippen molar-refractivity contribution in [2.24, 2.45) is 13.0 Å². The van der Waals surface area contributed by atoms with Crippen LogP contribution < -0.4 is 0 Å². The number of hydrogen-bond acceptors (Lipinski definition) is 2. The zero-order chi connectivity index (χ0) is 11.0. The van der Waals surface area contributed by atoms with E-state index < -0.39 is 0 Å². The maximum atomic E-state index is 4.63. The van der Waals surface area contributed by atoms with Crippen LogP contribution in [0.1, 0.15) is 30.8 Å². The number of aromatic nitrogens is 2. The molecule has 0 saturated heterocycles. The highest BCUT2D eigenvalue weighted by Gasteiger charge is 2.21. The fraction of sp³-hybridized carbons (Fsp3) is 0.750. The van der Waals surface area contributed by atoms with E-state index in [2.05, 4.69) is 42.6 Å². The summed E-state index contributed by atoms with van der Waals surface area (Å²) in [5, 5.41) is 4.63. The number of rotatable bonds is 2. The van der Waals surface area contributed by atoms with Gasteiger partial charge in [0, 0.05) is 37.8 Å². The molecule has 2 heterocycles. The van der Waals surface area contributed by atoms with Crippen LogP contribution in [0.25, 0.3) is 0 Å². The van der Waals surface area contributed by atoms with E-state index in [9.17, 15) is 0 Å². The average Bonchev–Trinajstić information content (AvgIpc) is 2.43. The molecule has 0 fully saturated rings. The molecule has 0 N–H and O–H groups in total. The first-order chi connectivity index (χ1) is 7.08. The van der Waals surface area contributed by atoms with Crippen molar-refractivity contribution in [1.82, 2.24) is 14.7 Å². The summed E-state index contributed by atoms with van der Waals surface area (Å²) in [6, 6.07) is 0. The topological polar surface area (TPSA) is 21.1 Å². The molecule has 1 aromatic heterocycles. The minimum Gasteiger partial charge on any atom is -0.302 e. The van der Waals surface area contributed by atoms with Gasteiger partial charge in [-0.2, -0.15) is 5.10 Å². The van der Waals surface area contributed by atoms with Crippen LogP contribution >= 0.6 is 0 Å². The summed E-state index contributed by atoms with van der Waals surface area (Å²) in [6.07, 6.45) is 2.25. The molecule has 84 valence electrons. The molecule has 1 aliphatic rings. The number of hydrogen-bond donors (Lipinski definition) is 0. The van der Waals surface area contributed by atoms with Crippen LogP contribution in [0.2, 0.25) is 0 Å². The van der Waals surface area contributed by atoms with Crippen LogP contribution in [0, 0.1) is 5.92 Å². The van der Waals surface area contributed by atoms with Gasteiger partial charge in [-0.3, -0.25) is 4.68 Å². The van der Waals surface area contributed by atoms with Crippen LogP contribution in [0.4, 0.5) is 0 Å². The van der Waals surface area contributed by atoms with Gasteiger partial charge in [-0.15, -0.1) is 0 Å². The highest BCUT2D eigenvalue weighted by molar-refractivity contribution is 5.28. The maximum absolute atomic E-state index is 4.63. The SMILES string of the molecule is CC(C)Cc1c2c(nn1C)CCN(C)C2. The fourth-order valence-electron chi connectivity index (χ4n) is 2.33. The minimum atomic E-state index is 0.705. The van der Waals surface area contributed by atoms with Gasteiger partial charge in [-0.25, -0.2) is 0 Å². The highest BCUT2D eigenvalue weighted by atomic mass is 15.3. The molecule has 1 aliphatic heterocycles. The van der Waals surface area contributed by atoms with Gasteiger partial charge in [0.05, 0.1) is 5.69 Å². The van der Waals surface area contributed by atoms with Crippen molar-refractivity contribution >= 4 is 0 Å². The summed E-state index contributed by atoms with van der Waals surface area (Å²) in [4.78, 5) is 2.38. The standard InChI is InChI=1S/C12H21N3/c1-9(2)7-12-10-8-14(3)6-5-11(10)13-15(12)4/h9H,5-8H2,1-4H3. The van der Waals surface area contributed by atoms with Gasteiger partial charge in [0.2, 0.25) is 0 Å². The Morgan fingerprint density at radius 2 is 2.07 bits per heavy atom. The molecule has 0 aliphatic carbocycles. The van der Waals surface area contributed by atoms with Crippen LogP contribution in [-0.2, 0) is 26.4 Å². The second-order valence-electron chi connectivity index (χ2n) is 5.08. The Morgan fingerprint density at radius 1 is 1.33 bits per heavy atom. The molecule has 1 aromatic rings. The Kier molecular flexibility index (Phi) is 2.83. The average molecular weight is 207 g/mol. The van der Waals surface area contributed by atoms with E-state index in [0.29, 0.717) is 5.92 Å². The minimum absolute atomic E-state index is 0.705. The highest BCUT2D eigenvalue weighted by Crippen LogP contribution is 2.22. The van der Waals surface area contributed by atoms with Crippen molar-refractivity contribution in [3.63, 3.8) is 0 Å². The molecular formula is C12H21N3. The smallest absolute Gasteiger partial charge is 0.0685 e. The predicted octanol–water partition coefficient (Wildman–Crippen LogP) is 1.61. The third-order valence-electron chi connectivity index (χ3n) is 3.12. The zero-order valence-electron chi connectivity index (χ0n) is 10.2. The Bertz CT molecular complexity index is 352. The van der Waals surface area contributed by atoms with Crippen molar-refractivity contribution in [2.45, 2.75) is 33.2 Å². The number of likely N-dealkylation sites (N-methyl/N-ethyl adjacent to an activating group) is 1. The van der Waals surface area contributed by atoms with Gasteiger partial charge in [-0.1, -0.05) is 13.8 Å². The van der Waals surface area contributed by atoms with Crippen molar-refractivity contribution in [2.75, 3.05) is 13.6 Å². The monoisotopic (exact) mass is 207 g/mol. The Labute approximate surface area is 92.1 Å². The van der Waals surface area contributed by atoms with Crippen molar-refractivity contribution < 1.29 is 0 Å². The van der Waals surface area contributed by atoms with E-state index in [-0.39, 0.29) is 0 Å². The van der Waals surface area contributed by atoms with Gasteiger partial charge in [0.15, 0.2) is 0 Å². The quantitative estimate of drug-likeness (QED) is 0.734. The molecule has 0 aromatic carbocycles. The predicted molar refractivity (Wildman–Crippen MR) is 61.8 cm³/mol. The molecule has 0 bridgehead atoms. The van der Waals surface area contributed by atoms with E-state index in [1.807, 2.05) is 0 Å². The van der Waals surface area contributed by atoms with E-state index in [1.165, 1.54) is 17.0 Å². The number of aryl methyl sites for hydroxylation is 1. The second kappa shape index (κ2) is 3.97.